The molecule has 2 heterocycles. The first kappa shape index (κ1) is 23.6. The highest BCUT2D eigenvalue weighted by atomic mass is 16.3. The molecule has 0 aliphatic carbocycles. The summed E-state index contributed by atoms with van der Waals surface area (Å²) in [5.41, 5.74) is -6.10. The molecule has 9 rings (SSSR count). The van der Waals surface area contributed by atoms with Crippen LogP contribution in [0.25, 0.3) is 83.9 Å². The molecule has 0 fully saturated rings. The minimum atomic E-state index is -4.24. The smallest absolute Gasteiger partial charge is 0.149 e. The molecule has 0 atom stereocenters. The zero-order chi connectivity index (χ0) is 63.3. The Kier molecular flexibility index (Phi) is 6.11. The van der Waals surface area contributed by atoms with Crippen LogP contribution in [0, 0.1) is 6.85 Å². The SMILES string of the molecule is [2H]C([2H])([2H])c1cc(-c2ccccc2)ccc1-n1c(-c2cc(C(C([2H])([2H])[2H])(C([2H])([2H])[2H])C([2H])([2H])[2H])cc(C(C([2H])([2H])[2H])(C([2H])([2H])[2H])C([2H])([2H])[2H])c2O)nc2c(-c3cc(-c4ccccc4)cc(-c4cc(-c5ccc(C([2H])(C)C)cc5)ccn4)c3)cccc21. The van der Waals surface area contributed by atoms with E-state index in [0.29, 0.717) is 45.1 Å². The quantitative estimate of drug-likeness (QED) is 0.166. The van der Waals surface area contributed by atoms with E-state index in [1.54, 1.807) is 68.6 Å². The van der Waals surface area contributed by atoms with Crippen LogP contribution in [0.5, 0.6) is 5.75 Å². The third-order valence-corrected chi connectivity index (χ3v) is 11.4. The number of para-hydroxylation sites is 1. The number of aryl methyl sites for hydroxylation is 1. The maximum Gasteiger partial charge on any atom is 0.149 e. The molecule has 1 N–H and O–H groups in total. The van der Waals surface area contributed by atoms with E-state index >= 15 is 0 Å². The van der Waals surface area contributed by atoms with Gasteiger partial charge in [-0.3, -0.25) is 9.55 Å². The van der Waals surface area contributed by atoms with Crippen LogP contribution in [0.15, 0.2) is 170 Å². The van der Waals surface area contributed by atoms with Gasteiger partial charge in [0.15, 0.2) is 0 Å². The van der Waals surface area contributed by atoms with E-state index in [2.05, 4.69) is 0 Å². The summed E-state index contributed by atoms with van der Waals surface area (Å²) in [6.07, 6.45) is 1.65. The number of imidazole rings is 1. The summed E-state index contributed by atoms with van der Waals surface area (Å²) in [6.45, 7) is -24.5. The number of hydrogen-bond acceptors (Lipinski definition) is 3. The summed E-state index contributed by atoms with van der Waals surface area (Å²) < 4.78 is 194. The lowest BCUT2D eigenvalue weighted by Gasteiger charge is -2.27. The molecule has 0 saturated carbocycles. The molecule has 4 nitrogen and oxygen atoms in total. The van der Waals surface area contributed by atoms with Gasteiger partial charge in [-0.2, -0.15) is 0 Å². The summed E-state index contributed by atoms with van der Waals surface area (Å²) in [4.78, 5) is 9.83. The first-order valence-electron chi connectivity index (χ1n) is 31.5. The average Bonchev–Trinajstić information content (AvgIpc) is 0.773. The lowest BCUT2D eigenvalue weighted by atomic mass is 9.79. The van der Waals surface area contributed by atoms with Crippen LogP contribution in [0.3, 0.4) is 0 Å². The van der Waals surface area contributed by atoms with Crippen LogP contribution in [-0.4, -0.2) is 19.6 Å². The fourth-order valence-corrected chi connectivity index (χ4v) is 8.10. The number of fused-ring (bicyclic) bond motifs is 1. The Hall–Kier alpha value is -7.04. The molecular formula is C60H57N3O. The summed E-state index contributed by atoms with van der Waals surface area (Å²) in [5.74, 6) is -3.01. The van der Waals surface area contributed by atoms with Crippen molar-refractivity contribution < 1.29 is 35.3 Å². The second-order valence-corrected chi connectivity index (χ2v) is 16.1. The fourth-order valence-electron chi connectivity index (χ4n) is 8.10. The predicted molar refractivity (Wildman–Crippen MR) is 269 cm³/mol. The minimum absolute atomic E-state index is 0.0183. The lowest BCUT2D eigenvalue weighted by Crippen LogP contribution is -2.17. The Morgan fingerprint density at radius 3 is 1.89 bits per heavy atom. The van der Waals surface area contributed by atoms with E-state index in [9.17, 15) is 5.11 Å². The molecule has 0 aliphatic rings. The highest BCUT2D eigenvalue weighted by Crippen LogP contribution is 2.45. The van der Waals surface area contributed by atoms with E-state index in [4.69, 9.17) is 40.1 Å². The Morgan fingerprint density at radius 2 is 1.20 bits per heavy atom. The molecule has 0 unspecified atom stereocenters. The van der Waals surface area contributed by atoms with Crippen molar-refractivity contribution in [2.24, 2.45) is 0 Å². The number of hydrogen-bond donors (Lipinski definition) is 1. The zero-order valence-corrected chi connectivity index (χ0v) is 35.0. The van der Waals surface area contributed by atoms with E-state index in [1.165, 1.54) is 22.8 Å². The number of nitrogens with zero attached hydrogens (tertiary/aromatic N) is 3. The second-order valence-electron chi connectivity index (χ2n) is 16.1. The molecule has 318 valence electrons. The molecule has 9 aromatic rings. The molecular weight excluding hydrogens is 779 g/mol. The minimum Gasteiger partial charge on any atom is -0.507 e. The van der Waals surface area contributed by atoms with Crippen molar-refractivity contribution in [1.29, 1.82) is 0 Å². The maximum absolute atomic E-state index is 13.0. The second kappa shape index (κ2) is 16.6. The molecule has 0 bridgehead atoms. The summed E-state index contributed by atoms with van der Waals surface area (Å²) in [7, 11) is 0. The number of aromatic hydroxyl groups is 1. The zero-order valence-electron chi connectivity index (χ0n) is 57.0. The molecule has 0 amide bonds. The first-order chi connectivity index (χ1) is 39.6. The van der Waals surface area contributed by atoms with Crippen molar-refractivity contribution in [2.45, 2.75) is 78.5 Å². The van der Waals surface area contributed by atoms with Crippen molar-refractivity contribution >= 4 is 11.0 Å². The highest BCUT2D eigenvalue weighted by Gasteiger charge is 2.29. The van der Waals surface area contributed by atoms with Gasteiger partial charge < -0.3 is 5.11 Å². The van der Waals surface area contributed by atoms with Crippen LogP contribution >= 0.6 is 0 Å². The van der Waals surface area contributed by atoms with Crippen molar-refractivity contribution in [2.75, 3.05) is 0 Å². The number of phenols is 1. The van der Waals surface area contributed by atoms with Gasteiger partial charge in [0.25, 0.3) is 0 Å². The van der Waals surface area contributed by atoms with Crippen molar-refractivity contribution in [3.63, 3.8) is 0 Å². The third-order valence-electron chi connectivity index (χ3n) is 11.4. The number of pyridine rings is 1. The van der Waals surface area contributed by atoms with Gasteiger partial charge in [-0.15, -0.1) is 0 Å². The first-order valence-corrected chi connectivity index (χ1v) is 20.5. The van der Waals surface area contributed by atoms with E-state index in [-0.39, 0.29) is 28.4 Å². The molecule has 4 heteroatoms. The Balaban J connectivity index is 1.47. The third kappa shape index (κ3) is 8.17. The standard InChI is InChI=1S/C60H57N3O/c1-38(2)40-23-25-43(26-24-40)45-29-30-61-53(35-45)48-33-46(42-19-14-11-15-20-42)32-47(34-48)50-21-16-22-55-56(50)62-58(51-36-49(59(4,5)6)37-52(57(51)64)60(7,8)9)63(55)54-28-27-44(31-39(54)3)41-17-12-10-13-18-41/h10-38,64H,1-9H3/i3D3,4D3,5D3,6D3,7D3,8D3,9D3,38D. The fraction of sp³-hybridized carbons (Fsp3) is 0.200. The molecule has 0 radical (unpaired) electrons. The molecule has 7 aromatic carbocycles. The van der Waals surface area contributed by atoms with Gasteiger partial charge in [-0.25, -0.2) is 4.98 Å². The normalized spacial score (nSPS) is 18.7. The van der Waals surface area contributed by atoms with Crippen molar-refractivity contribution in [3.8, 4) is 78.6 Å². The van der Waals surface area contributed by atoms with Crippen LogP contribution < -0.4 is 0 Å². The van der Waals surface area contributed by atoms with Crippen LogP contribution in [0.1, 0.15) is 113 Å². The topological polar surface area (TPSA) is 50.9 Å². The van der Waals surface area contributed by atoms with E-state index < -0.39 is 93.0 Å². The average molecular weight is 858 g/mol. The molecule has 64 heavy (non-hydrogen) atoms. The van der Waals surface area contributed by atoms with Crippen molar-refractivity contribution in [1.82, 2.24) is 14.5 Å². The Morgan fingerprint density at radius 1 is 0.562 bits per heavy atom. The number of benzene rings is 7. The monoisotopic (exact) mass is 858 g/mol. The molecule has 0 aliphatic heterocycles. The Labute approximate surface area is 409 Å². The van der Waals surface area contributed by atoms with Crippen LogP contribution in [0.2, 0.25) is 0 Å². The molecule has 0 spiro atoms. The van der Waals surface area contributed by atoms with Crippen LogP contribution in [-0.2, 0) is 10.8 Å². The van der Waals surface area contributed by atoms with E-state index in [0.717, 1.165) is 22.3 Å². The summed E-state index contributed by atoms with van der Waals surface area (Å²) in [6, 6.07) is 44.8. The van der Waals surface area contributed by atoms with Crippen LogP contribution in [0.4, 0.5) is 0 Å². The molecule has 0 saturated heterocycles. The predicted octanol–water partition coefficient (Wildman–Crippen LogP) is 16.2. The van der Waals surface area contributed by atoms with Gasteiger partial charge in [0, 0.05) is 53.0 Å². The van der Waals surface area contributed by atoms with Gasteiger partial charge in [-0.1, -0.05) is 164 Å². The van der Waals surface area contributed by atoms with Gasteiger partial charge in [0.2, 0.25) is 0 Å². The number of aromatic nitrogens is 3. The summed E-state index contributed by atoms with van der Waals surface area (Å²) in [5, 5.41) is 13.0. The number of phenolic OH excluding ortho intramolecular Hbond substituents is 1. The van der Waals surface area contributed by atoms with Gasteiger partial charge in [-0.05, 0) is 134 Å². The summed E-state index contributed by atoms with van der Waals surface area (Å²) >= 11 is 0. The maximum atomic E-state index is 13.0. The lowest BCUT2D eigenvalue weighted by molar-refractivity contribution is 0.446. The highest BCUT2D eigenvalue weighted by molar-refractivity contribution is 5.98. The van der Waals surface area contributed by atoms with Gasteiger partial charge in [0.05, 0.1) is 28.0 Å². The van der Waals surface area contributed by atoms with Crippen molar-refractivity contribution in [3.05, 3.63) is 192 Å². The number of rotatable bonds is 8. The molecule has 2 aromatic heterocycles. The van der Waals surface area contributed by atoms with Gasteiger partial charge >= 0.3 is 0 Å². The largest absolute Gasteiger partial charge is 0.507 e. The van der Waals surface area contributed by atoms with Gasteiger partial charge in [0.1, 0.15) is 11.6 Å². The van der Waals surface area contributed by atoms with E-state index in [1.807, 2.05) is 84.9 Å². The Bertz CT molecular complexity index is 3920.